The van der Waals surface area contributed by atoms with Gasteiger partial charge in [0.25, 0.3) is 5.91 Å². The summed E-state index contributed by atoms with van der Waals surface area (Å²) in [5, 5.41) is 4.24. The van der Waals surface area contributed by atoms with E-state index in [-0.39, 0.29) is 29.4 Å². The van der Waals surface area contributed by atoms with E-state index in [1.54, 1.807) is 30.3 Å². The first-order valence-corrected chi connectivity index (χ1v) is 10.2. The number of nitrogens with one attached hydrogen (secondary N) is 1. The molecule has 8 heteroatoms. The van der Waals surface area contributed by atoms with E-state index in [4.69, 9.17) is 4.74 Å². The average Bonchev–Trinajstić information content (AvgIpc) is 3.15. The number of anilines is 1. The lowest BCUT2D eigenvalue weighted by molar-refractivity contribution is -0.118. The fourth-order valence-electron chi connectivity index (χ4n) is 2.74. The minimum absolute atomic E-state index is 0.0208. The number of amides is 1. The summed E-state index contributed by atoms with van der Waals surface area (Å²) in [4.78, 5) is 28.8. The van der Waals surface area contributed by atoms with Gasteiger partial charge in [0, 0.05) is 16.5 Å². The first kappa shape index (κ1) is 18.6. The van der Waals surface area contributed by atoms with E-state index in [1.807, 2.05) is 12.3 Å². The molecule has 1 amide bonds. The van der Waals surface area contributed by atoms with Gasteiger partial charge in [-0.15, -0.1) is 11.3 Å². The second kappa shape index (κ2) is 7.73. The van der Waals surface area contributed by atoms with Crippen LogP contribution in [0.2, 0.25) is 0 Å². The number of Topliss-reactive ketones (excluding diaryl/α,β-unsaturated/α-hetero) is 1. The molecule has 5 nitrogen and oxygen atoms in total. The summed E-state index contributed by atoms with van der Waals surface area (Å²) in [5.41, 5.74) is 2.58. The lowest BCUT2D eigenvalue weighted by Gasteiger charge is -2.18. The number of carbonyl (C=O) groups is 2. The Bertz CT molecular complexity index is 1050. The van der Waals surface area contributed by atoms with E-state index >= 15 is 0 Å². The van der Waals surface area contributed by atoms with Crippen LogP contribution in [-0.2, 0) is 4.79 Å². The minimum Gasteiger partial charge on any atom is -0.482 e. The largest absolute Gasteiger partial charge is 0.482 e. The summed E-state index contributed by atoms with van der Waals surface area (Å²) in [7, 11) is 0. The molecule has 3 aromatic rings. The van der Waals surface area contributed by atoms with Crippen LogP contribution in [0.25, 0.3) is 11.3 Å². The summed E-state index contributed by atoms with van der Waals surface area (Å²) in [6.07, 6.45) is 0. The summed E-state index contributed by atoms with van der Waals surface area (Å²) in [6, 6.07) is 11.2. The van der Waals surface area contributed by atoms with E-state index in [2.05, 4.69) is 10.3 Å². The van der Waals surface area contributed by atoms with Crippen molar-refractivity contribution in [3.05, 3.63) is 59.2 Å². The maximum absolute atomic E-state index is 13.1. The number of thioether (sulfide) groups is 1. The van der Waals surface area contributed by atoms with E-state index in [9.17, 15) is 14.0 Å². The normalized spacial score (nSPS) is 14.0. The Morgan fingerprint density at radius 1 is 1.29 bits per heavy atom. The van der Waals surface area contributed by atoms with Crippen molar-refractivity contribution < 1.29 is 18.7 Å². The van der Waals surface area contributed by atoms with Gasteiger partial charge in [-0.1, -0.05) is 11.8 Å². The van der Waals surface area contributed by atoms with Gasteiger partial charge in [-0.2, -0.15) is 0 Å². The van der Waals surface area contributed by atoms with Gasteiger partial charge >= 0.3 is 0 Å². The predicted octanol–water partition coefficient (Wildman–Crippen LogP) is 4.64. The fraction of sp³-hybridized carbons (Fsp3) is 0.150. The Morgan fingerprint density at radius 2 is 2.07 bits per heavy atom. The van der Waals surface area contributed by atoms with Crippen LogP contribution in [-0.4, -0.2) is 28.5 Å². The molecule has 1 aromatic heterocycles. The Morgan fingerprint density at radius 3 is 2.86 bits per heavy atom. The van der Waals surface area contributed by atoms with Crippen molar-refractivity contribution in [3.8, 4) is 17.0 Å². The van der Waals surface area contributed by atoms with Crippen LogP contribution in [0, 0.1) is 5.82 Å². The standard InChI is InChI=1S/C20H15FN2O3S2/c1-11(19(25)13-4-7-17-15(8-13)22-18(24)9-26-17)28-20-23-16(10-27-20)12-2-5-14(21)6-3-12/h2-8,10-11H,9H2,1H3,(H,22,24). The molecule has 2 heterocycles. The molecule has 142 valence electrons. The highest BCUT2D eigenvalue weighted by Gasteiger charge is 2.22. The molecule has 4 rings (SSSR count). The highest BCUT2D eigenvalue weighted by Crippen LogP contribution is 2.34. The molecule has 0 radical (unpaired) electrons. The lowest BCUT2D eigenvalue weighted by Crippen LogP contribution is -2.25. The van der Waals surface area contributed by atoms with Gasteiger partial charge in [0.05, 0.1) is 16.6 Å². The van der Waals surface area contributed by atoms with E-state index in [0.29, 0.717) is 17.0 Å². The van der Waals surface area contributed by atoms with E-state index in [0.717, 1.165) is 15.6 Å². The Kier molecular flexibility index (Phi) is 5.15. The molecular formula is C20H15FN2O3S2. The molecule has 28 heavy (non-hydrogen) atoms. The zero-order chi connectivity index (χ0) is 19.7. The van der Waals surface area contributed by atoms with Gasteiger partial charge in [-0.3, -0.25) is 9.59 Å². The number of benzene rings is 2. The van der Waals surface area contributed by atoms with Gasteiger partial charge in [0.15, 0.2) is 16.7 Å². The van der Waals surface area contributed by atoms with Crippen LogP contribution in [0.4, 0.5) is 10.1 Å². The van der Waals surface area contributed by atoms with Crippen molar-refractivity contribution in [2.75, 3.05) is 11.9 Å². The number of aromatic nitrogens is 1. The van der Waals surface area contributed by atoms with Crippen LogP contribution in [0.1, 0.15) is 17.3 Å². The smallest absolute Gasteiger partial charge is 0.262 e. The maximum atomic E-state index is 13.1. The molecule has 0 bridgehead atoms. The zero-order valence-electron chi connectivity index (χ0n) is 14.8. The maximum Gasteiger partial charge on any atom is 0.262 e. The van der Waals surface area contributed by atoms with Crippen LogP contribution in [0.3, 0.4) is 0 Å². The molecule has 0 saturated carbocycles. The summed E-state index contributed by atoms with van der Waals surface area (Å²) >= 11 is 2.81. The quantitative estimate of drug-likeness (QED) is 0.486. The number of rotatable bonds is 5. The monoisotopic (exact) mass is 414 g/mol. The summed E-state index contributed by atoms with van der Waals surface area (Å²) in [5.74, 6) is -0.0402. The molecule has 0 aliphatic carbocycles. The third-order valence-electron chi connectivity index (χ3n) is 4.17. The van der Waals surface area contributed by atoms with E-state index in [1.165, 1.54) is 35.2 Å². The first-order chi connectivity index (χ1) is 13.5. The first-order valence-electron chi connectivity index (χ1n) is 8.48. The topological polar surface area (TPSA) is 68.3 Å². The van der Waals surface area contributed by atoms with Crippen molar-refractivity contribution in [2.24, 2.45) is 0 Å². The molecule has 1 aliphatic rings. The highest BCUT2D eigenvalue weighted by molar-refractivity contribution is 8.02. The molecule has 0 saturated heterocycles. The van der Waals surface area contributed by atoms with Gasteiger partial charge in [-0.25, -0.2) is 9.37 Å². The number of ketones is 1. The zero-order valence-corrected chi connectivity index (χ0v) is 16.4. The Hall–Kier alpha value is -2.71. The molecule has 1 unspecified atom stereocenters. The number of hydrogen-bond donors (Lipinski definition) is 1. The van der Waals surface area contributed by atoms with Crippen molar-refractivity contribution >= 4 is 40.5 Å². The second-order valence-corrected chi connectivity index (χ2v) is 8.62. The molecule has 0 fully saturated rings. The van der Waals surface area contributed by atoms with Gasteiger partial charge in [-0.05, 0) is 49.4 Å². The summed E-state index contributed by atoms with van der Waals surface area (Å²) < 4.78 is 19.1. The van der Waals surface area contributed by atoms with Crippen LogP contribution >= 0.6 is 23.1 Å². The van der Waals surface area contributed by atoms with Crippen molar-refractivity contribution in [2.45, 2.75) is 16.5 Å². The summed E-state index contributed by atoms with van der Waals surface area (Å²) in [6.45, 7) is 1.80. The van der Waals surface area contributed by atoms with Crippen LogP contribution in [0.15, 0.2) is 52.2 Å². The number of fused-ring (bicyclic) bond motifs is 1. The van der Waals surface area contributed by atoms with Crippen LogP contribution in [0.5, 0.6) is 5.75 Å². The number of ether oxygens (including phenoxy) is 1. The van der Waals surface area contributed by atoms with Gasteiger partial charge in [0.2, 0.25) is 0 Å². The van der Waals surface area contributed by atoms with Gasteiger partial charge < -0.3 is 10.1 Å². The van der Waals surface area contributed by atoms with Crippen molar-refractivity contribution in [1.29, 1.82) is 0 Å². The lowest BCUT2D eigenvalue weighted by atomic mass is 10.1. The molecular weight excluding hydrogens is 399 g/mol. The third-order valence-corrected chi connectivity index (χ3v) is 6.24. The third kappa shape index (κ3) is 3.93. The second-order valence-electron chi connectivity index (χ2n) is 6.18. The Balaban J connectivity index is 1.47. The Labute approximate surface area is 168 Å². The molecule has 1 N–H and O–H groups in total. The van der Waals surface area contributed by atoms with Crippen LogP contribution < -0.4 is 10.1 Å². The molecule has 1 atom stereocenters. The molecule has 0 spiro atoms. The molecule has 2 aromatic carbocycles. The van der Waals surface area contributed by atoms with Crippen molar-refractivity contribution in [1.82, 2.24) is 4.98 Å². The predicted molar refractivity (Wildman–Crippen MR) is 108 cm³/mol. The average molecular weight is 414 g/mol. The number of nitrogens with zero attached hydrogens (tertiary/aromatic N) is 1. The number of hydrogen-bond acceptors (Lipinski definition) is 6. The van der Waals surface area contributed by atoms with E-state index < -0.39 is 0 Å². The molecule has 1 aliphatic heterocycles. The number of carbonyl (C=O) groups excluding carboxylic acids is 2. The minimum atomic E-state index is -0.356. The van der Waals surface area contributed by atoms with Gasteiger partial charge in [0.1, 0.15) is 11.6 Å². The van der Waals surface area contributed by atoms with Crippen molar-refractivity contribution in [3.63, 3.8) is 0 Å². The number of thiazole rings is 1. The SMILES string of the molecule is CC(Sc1nc(-c2ccc(F)cc2)cs1)C(=O)c1ccc2c(c1)NC(=O)CO2. The highest BCUT2D eigenvalue weighted by atomic mass is 32.2. The fourth-order valence-corrected chi connectivity index (χ4v) is 4.79. The number of halogens is 1.